The van der Waals surface area contributed by atoms with E-state index < -0.39 is 0 Å². The summed E-state index contributed by atoms with van der Waals surface area (Å²) >= 11 is 5.02. The molecule has 0 fully saturated rings. The van der Waals surface area contributed by atoms with E-state index in [2.05, 4.69) is 21.2 Å². The highest BCUT2D eigenvalue weighted by atomic mass is 79.9. The molecule has 0 saturated carbocycles. The van der Waals surface area contributed by atoms with Gasteiger partial charge in [0.05, 0.1) is 23.5 Å². The second-order valence-corrected chi connectivity index (χ2v) is 7.67. The highest BCUT2D eigenvalue weighted by Gasteiger charge is 2.14. The van der Waals surface area contributed by atoms with Crippen LogP contribution in [0.2, 0.25) is 0 Å². The zero-order valence-electron chi connectivity index (χ0n) is 13.5. The van der Waals surface area contributed by atoms with Gasteiger partial charge in [-0.2, -0.15) is 0 Å². The van der Waals surface area contributed by atoms with Gasteiger partial charge in [0, 0.05) is 10.4 Å². The molecule has 1 aromatic carbocycles. The molecular weight excluding hydrogens is 394 g/mol. The van der Waals surface area contributed by atoms with Gasteiger partial charge in [0.1, 0.15) is 6.61 Å². The molecule has 0 spiro atoms. The molecule has 0 aliphatic heterocycles. The van der Waals surface area contributed by atoms with Crippen molar-refractivity contribution < 1.29 is 19.4 Å². The molecule has 24 heavy (non-hydrogen) atoms. The fourth-order valence-electron chi connectivity index (χ4n) is 2.05. The number of nitrogens with one attached hydrogen (secondary N) is 1. The van der Waals surface area contributed by atoms with E-state index in [-0.39, 0.29) is 18.6 Å². The highest BCUT2D eigenvalue weighted by molar-refractivity contribution is 9.11. The molecule has 1 aromatic heterocycles. The molecule has 0 aliphatic carbocycles. The Morgan fingerprint density at radius 3 is 2.71 bits per heavy atom. The summed E-state index contributed by atoms with van der Waals surface area (Å²) in [6.45, 7) is 2.25. The van der Waals surface area contributed by atoms with E-state index in [0.29, 0.717) is 30.1 Å². The first-order valence-electron chi connectivity index (χ1n) is 7.54. The molecule has 1 amide bonds. The van der Waals surface area contributed by atoms with Crippen molar-refractivity contribution in [1.29, 1.82) is 0 Å². The van der Waals surface area contributed by atoms with Crippen LogP contribution < -0.4 is 14.8 Å². The van der Waals surface area contributed by atoms with Crippen molar-refractivity contribution in [3.05, 3.63) is 44.6 Å². The van der Waals surface area contributed by atoms with Gasteiger partial charge in [0.2, 0.25) is 0 Å². The lowest BCUT2D eigenvalue weighted by molar-refractivity contribution is 0.0914. The monoisotopic (exact) mass is 413 g/mol. The Labute approximate surface area is 153 Å². The second-order valence-electron chi connectivity index (χ2n) is 5.12. The molecule has 0 aliphatic rings. The van der Waals surface area contributed by atoms with Crippen LogP contribution in [-0.2, 0) is 6.61 Å². The Hall–Kier alpha value is -1.57. The van der Waals surface area contributed by atoms with Crippen LogP contribution in [-0.4, -0.2) is 30.8 Å². The SMILES string of the molecule is CCC(CO)NC(=O)c1ccc(OCc2ccc(Br)s2)c(OC)c1. The average Bonchev–Trinajstić information content (AvgIpc) is 3.02. The predicted molar refractivity (Wildman–Crippen MR) is 98.0 cm³/mol. The van der Waals surface area contributed by atoms with Crippen molar-refractivity contribution in [2.75, 3.05) is 13.7 Å². The summed E-state index contributed by atoms with van der Waals surface area (Å²) < 4.78 is 12.2. The van der Waals surface area contributed by atoms with Crippen LogP contribution >= 0.6 is 27.3 Å². The lowest BCUT2D eigenvalue weighted by Crippen LogP contribution is -2.36. The third kappa shape index (κ3) is 4.96. The second kappa shape index (κ2) is 9.05. The van der Waals surface area contributed by atoms with Gasteiger partial charge in [-0.25, -0.2) is 0 Å². The van der Waals surface area contributed by atoms with Gasteiger partial charge in [0.25, 0.3) is 5.91 Å². The maximum Gasteiger partial charge on any atom is 0.251 e. The normalized spacial score (nSPS) is 11.8. The molecule has 7 heteroatoms. The van der Waals surface area contributed by atoms with Crippen molar-refractivity contribution in [3.8, 4) is 11.5 Å². The predicted octanol–water partition coefficient (Wildman–Crippen LogP) is 3.60. The van der Waals surface area contributed by atoms with Crippen LogP contribution in [0.3, 0.4) is 0 Å². The summed E-state index contributed by atoms with van der Waals surface area (Å²) in [5.74, 6) is 0.825. The number of carbonyl (C=O) groups excluding carboxylic acids is 1. The number of aliphatic hydroxyl groups excluding tert-OH is 1. The molecule has 1 unspecified atom stereocenters. The van der Waals surface area contributed by atoms with Gasteiger partial charge >= 0.3 is 0 Å². The molecule has 2 rings (SSSR count). The van der Waals surface area contributed by atoms with Gasteiger partial charge in [-0.3, -0.25) is 4.79 Å². The van der Waals surface area contributed by atoms with Gasteiger partial charge in [-0.05, 0) is 52.7 Å². The molecule has 2 N–H and O–H groups in total. The fourth-order valence-corrected chi connectivity index (χ4v) is 3.45. The summed E-state index contributed by atoms with van der Waals surface area (Å²) in [5, 5.41) is 12.0. The Morgan fingerprint density at radius 1 is 1.33 bits per heavy atom. The third-order valence-electron chi connectivity index (χ3n) is 3.47. The van der Waals surface area contributed by atoms with E-state index in [0.717, 1.165) is 8.66 Å². The van der Waals surface area contributed by atoms with Crippen molar-refractivity contribution in [1.82, 2.24) is 5.32 Å². The quantitative estimate of drug-likeness (QED) is 0.693. The molecule has 1 heterocycles. The number of hydrogen-bond donors (Lipinski definition) is 2. The first kappa shape index (κ1) is 18.8. The van der Waals surface area contributed by atoms with Crippen LogP contribution in [0, 0.1) is 0 Å². The van der Waals surface area contributed by atoms with Crippen LogP contribution in [0.5, 0.6) is 11.5 Å². The van der Waals surface area contributed by atoms with Crippen molar-refractivity contribution in [2.45, 2.75) is 26.0 Å². The van der Waals surface area contributed by atoms with E-state index in [1.165, 1.54) is 7.11 Å². The molecule has 0 saturated heterocycles. The summed E-state index contributed by atoms with van der Waals surface area (Å²) in [4.78, 5) is 13.3. The largest absolute Gasteiger partial charge is 0.493 e. The third-order valence-corrected chi connectivity index (χ3v) is 5.07. The molecule has 130 valence electrons. The van der Waals surface area contributed by atoms with Gasteiger partial charge < -0.3 is 19.9 Å². The number of thiophene rings is 1. The number of aliphatic hydroxyl groups is 1. The number of rotatable bonds is 8. The highest BCUT2D eigenvalue weighted by Crippen LogP contribution is 2.30. The Morgan fingerprint density at radius 2 is 2.12 bits per heavy atom. The van der Waals surface area contributed by atoms with Crippen LogP contribution in [0.15, 0.2) is 34.1 Å². The smallest absolute Gasteiger partial charge is 0.251 e. The van der Waals surface area contributed by atoms with Gasteiger partial charge in [0.15, 0.2) is 11.5 Å². The number of benzene rings is 1. The van der Waals surface area contributed by atoms with Crippen molar-refractivity contribution >= 4 is 33.2 Å². The summed E-state index contributed by atoms with van der Waals surface area (Å²) in [6, 6.07) is 8.75. The minimum absolute atomic E-state index is 0.0864. The molecule has 2 aromatic rings. The van der Waals surface area contributed by atoms with E-state index in [1.807, 2.05) is 19.1 Å². The summed E-state index contributed by atoms with van der Waals surface area (Å²) in [5.41, 5.74) is 0.463. The minimum atomic E-state index is -0.253. The summed E-state index contributed by atoms with van der Waals surface area (Å²) in [7, 11) is 1.54. The van der Waals surface area contributed by atoms with E-state index >= 15 is 0 Å². The molecule has 0 bridgehead atoms. The number of carbonyl (C=O) groups is 1. The topological polar surface area (TPSA) is 67.8 Å². The number of halogens is 1. The van der Waals surface area contributed by atoms with E-state index in [4.69, 9.17) is 9.47 Å². The Kier molecular flexibility index (Phi) is 7.08. The lowest BCUT2D eigenvalue weighted by atomic mass is 10.1. The first-order valence-corrected chi connectivity index (χ1v) is 9.15. The number of amides is 1. The zero-order valence-corrected chi connectivity index (χ0v) is 15.9. The van der Waals surface area contributed by atoms with Gasteiger partial charge in [-0.15, -0.1) is 11.3 Å². The maximum absolute atomic E-state index is 12.2. The molecule has 1 atom stereocenters. The summed E-state index contributed by atoms with van der Waals surface area (Å²) in [6.07, 6.45) is 0.664. The van der Waals surface area contributed by atoms with Crippen LogP contribution in [0.4, 0.5) is 0 Å². The number of hydrogen-bond acceptors (Lipinski definition) is 5. The average molecular weight is 414 g/mol. The number of ether oxygens (including phenoxy) is 2. The molecular formula is C17H20BrNO4S. The van der Waals surface area contributed by atoms with Crippen LogP contribution in [0.25, 0.3) is 0 Å². The Balaban J connectivity index is 2.07. The zero-order chi connectivity index (χ0) is 17.5. The number of methoxy groups -OCH3 is 1. The first-order chi connectivity index (χ1) is 11.6. The van der Waals surface area contributed by atoms with Crippen molar-refractivity contribution in [2.24, 2.45) is 0 Å². The molecule has 5 nitrogen and oxygen atoms in total. The van der Waals surface area contributed by atoms with E-state index in [1.54, 1.807) is 29.5 Å². The van der Waals surface area contributed by atoms with Crippen molar-refractivity contribution in [3.63, 3.8) is 0 Å². The van der Waals surface area contributed by atoms with Gasteiger partial charge in [-0.1, -0.05) is 6.92 Å². The molecule has 0 radical (unpaired) electrons. The maximum atomic E-state index is 12.2. The lowest BCUT2D eigenvalue weighted by Gasteiger charge is -2.15. The standard InChI is InChI=1S/C17H20BrNO4S/c1-3-12(9-20)19-17(21)11-4-6-14(15(8-11)22-2)23-10-13-5-7-16(18)24-13/h4-8,12,20H,3,9-10H2,1-2H3,(H,19,21). The minimum Gasteiger partial charge on any atom is -0.493 e. The van der Waals surface area contributed by atoms with Crippen LogP contribution in [0.1, 0.15) is 28.6 Å². The Bertz CT molecular complexity index is 685. The fraction of sp³-hybridized carbons (Fsp3) is 0.353. The van der Waals surface area contributed by atoms with E-state index in [9.17, 15) is 9.90 Å².